The lowest BCUT2D eigenvalue weighted by Crippen LogP contribution is -2.39. The molecule has 2 rings (SSSR count). The van der Waals surface area contributed by atoms with Crippen molar-refractivity contribution in [2.75, 3.05) is 11.9 Å². The fourth-order valence-electron chi connectivity index (χ4n) is 1.54. The number of nitrogens with zero attached hydrogens (tertiary/aromatic N) is 3. The number of rotatable bonds is 5. The van der Waals surface area contributed by atoms with Crippen molar-refractivity contribution in [1.29, 1.82) is 0 Å². The van der Waals surface area contributed by atoms with Crippen molar-refractivity contribution in [3.63, 3.8) is 0 Å². The van der Waals surface area contributed by atoms with E-state index in [1.54, 1.807) is 0 Å². The lowest BCUT2D eigenvalue weighted by molar-refractivity contribution is 0.0834. The lowest BCUT2D eigenvalue weighted by Gasteiger charge is -2.31. The van der Waals surface area contributed by atoms with E-state index in [0.29, 0.717) is 25.4 Å². The molecule has 0 amide bonds. The molecular weight excluding hydrogens is 244 g/mol. The topological polar surface area (TPSA) is 80.2 Å². The minimum absolute atomic E-state index is 0.105. The van der Waals surface area contributed by atoms with Gasteiger partial charge in [0.15, 0.2) is 0 Å². The molecule has 1 fully saturated rings. The van der Waals surface area contributed by atoms with E-state index < -0.39 is 0 Å². The summed E-state index contributed by atoms with van der Waals surface area (Å²) in [6.45, 7) is 2.54. The summed E-state index contributed by atoms with van der Waals surface area (Å²) in [5, 5.41) is 12.4. The van der Waals surface area contributed by atoms with E-state index in [-0.39, 0.29) is 23.4 Å². The predicted molar refractivity (Wildman–Crippen MR) is 63.3 cm³/mol. The van der Waals surface area contributed by atoms with Gasteiger partial charge >= 0.3 is 6.01 Å². The molecule has 1 aliphatic rings. The van der Waals surface area contributed by atoms with Crippen LogP contribution in [0.15, 0.2) is 0 Å². The van der Waals surface area contributed by atoms with Crippen LogP contribution in [-0.4, -0.2) is 38.8 Å². The molecule has 6 nitrogen and oxygen atoms in total. The first-order valence-electron chi connectivity index (χ1n) is 5.66. The summed E-state index contributed by atoms with van der Waals surface area (Å²) < 4.78 is 5.29. The Labute approximate surface area is 104 Å². The molecule has 0 saturated heterocycles. The summed E-state index contributed by atoms with van der Waals surface area (Å²) in [5.74, 6) is 0.396. The summed E-state index contributed by atoms with van der Waals surface area (Å²) in [6.07, 6.45) is 2.06. The highest BCUT2D eigenvalue weighted by Gasteiger charge is 2.27. The Hall–Kier alpha value is -1.14. The Morgan fingerprint density at radius 2 is 2.18 bits per heavy atom. The zero-order valence-corrected chi connectivity index (χ0v) is 10.3. The minimum atomic E-state index is -0.222. The van der Waals surface area contributed by atoms with Gasteiger partial charge in [-0.3, -0.25) is 0 Å². The largest absolute Gasteiger partial charge is 0.463 e. The lowest BCUT2D eigenvalue weighted by atomic mass is 9.90. The van der Waals surface area contributed by atoms with Crippen molar-refractivity contribution >= 4 is 17.5 Å². The highest BCUT2D eigenvalue weighted by Crippen LogP contribution is 2.23. The molecule has 17 heavy (non-hydrogen) atoms. The van der Waals surface area contributed by atoms with E-state index in [1.165, 1.54) is 0 Å². The number of anilines is 1. The van der Waals surface area contributed by atoms with Crippen LogP contribution in [0.3, 0.4) is 0 Å². The van der Waals surface area contributed by atoms with E-state index in [2.05, 4.69) is 20.3 Å². The van der Waals surface area contributed by atoms with Crippen molar-refractivity contribution in [2.24, 2.45) is 0 Å². The van der Waals surface area contributed by atoms with Gasteiger partial charge in [-0.15, -0.1) is 0 Å². The van der Waals surface area contributed by atoms with Gasteiger partial charge in [0.25, 0.3) is 0 Å². The van der Waals surface area contributed by atoms with Crippen LogP contribution < -0.4 is 10.1 Å². The van der Waals surface area contributed by atoms with E-state index >= 15 is 0 Å². The summed E-state index contributed by atoms with van der Waals surface area (Å²) in [4.78, 5) is 11.9. The molecule has 0 bridgehead atoms. The highest BCUT2D eigenvalue weighted by molar-refractivity contribution is 6.28. The van der Waals surface area contributed by atoms with Crippen molar-refractivity contribution in [2.45, 2.75) is 38.3 Å². The van der Waals surface area contributed by atoms with Crippen LogP contribution in [0.2, 0.25) is 5.28 Å². The zero-order valence-electron chi connectivity index (χ0n) is 9.56. The third kappa shape index (κ3) is 3.41. The van der Waals surface area contributed by atoms with Gasteiger partial charge in [-0.05, 0) is 30.9 Å². The van der Waals surface area contributed by atoms with Gasteiger partial charge in [-0.1, -0.05) is 6.92 Å². The minimum Gasteiger partial charge on any atom is -0.463 e. The number of hydrogen-bond acceptors (Lipinski definition) is 6. The van der Waals surface area contributed by atoms with Gasteiger partial charge in [0.1, 0.15) is 0 Å². The van der Waals surface area contributed by atoms with Gasteiger partial charge in [0.05, 0.1) is 12.7 Å². The van der Waals surface area contributed by atoms with Gasteiger partial charge < -0.3 is 15.2 Å². The molecule has 94 valence electrons. The summed E-state index contributed by atoms with van der Waals surface area (Å²) in [5.41, 5.74) is 0. The van der Waals surface area contributed by atoms with Gasteiger partial charge in [0.2, 0.25) is 11.2 Å². The van der Waals surface area contributed by atoms with Gasteiger partial charge in [-0.25, -0.2) is 0 Å². The third-order valence-electron chi connectivity index (χ3n) is 2.47. The maximum atomic E-state index is 9.18. The number of aliphatic hydroxyl groups excluding tert-OH is 1. The average Bonchev–Trinajstić information content (AvgIpc) is 2.23. The summed E-state index contributed by atoms with van der Waals surface area (Å²) in [7, 11) is 0. The Balaban J connectivity index is 1.98. The van der Waals surface area contributed by atoms with Gasteiger partial charge in [-0.2, -0.15) is 15.0 Å². The fourth-order valence-corrected chi connectivity index (χ4v) is 1.69. The zero-order chi connectivity index (χ0) is 12.3. The van der Waals surface area contributed by atoms with Crippen LogP contribution in [0.5, 0.6) is 6.01 Å². The second-order valence-electron chi connectivity index (χ2n) is 4.03. The van der Waals surface area contributed by atoms with E-state index in [1.807, 2.05) is 6.92 Å². The fraction of sp³-hybridized carbons (Fsp3) is 0.700. The molecule has 7 heteroatoms. The highest BCUT2D eigenvalue weighted by atomic mass is 35.5. The predicted octanol–water partition coefficient (Wildman–Crippen LogP) is 1.25. The van der Waals surface area contributed by atoms with Gasteiger partial charge in [0, 0.05) is 6.04 Å². The first-order valence-corrected chi connectivity index (χ1v) is 6.04. The Kier molecular flexibility index (Phi) is 3.96. The number of aliphatic hydroxyl groups is 1. The van der Waals surface area contributed by atoms with Crippen molar-refractivity contribution < 1.29 is 9.84 Å². The van der Waals surface area contributed by atoms with Crippen molar-refractivity contribution in [1.82, 2.24) is 15.0 Å². The quantitative estimate of drug-likeness (QED) is 0.827. The number of ether oxygens (including phenoxy) is 1. The summed E-state index contributed by atoms with van der Waals surface area (Å²) in [6, 6.07) is 0.428. The molecule has 1 heterocycles. The molecule has 1 aromatic rings. The first-order chi connectivity index (χ1) is 8.17. The molecule has 0 unspecified atom stereocenters. The van der Waals surface area contributed by atoms with E-state index in [0.717, 1.165) is 6.42 Å². The number of aromatic nitrogens is 3. The smallest absolute Gasteiger partial charge is 0.322 e. The average molecular weight is 259 g/mol. The van der Waals surface area contributed by atoms with E-state index in [9.17, 15) is 5.11 Å². The molecular formula is C10H15ClN4O2. The van der Waals surface area contributed by atoms with Crippen LogP contribution in [0.25, 0.3) is 0 Å². The Morgan fingerprint density at radius 1 is 1.41 bits per heavy atom. The number of halogens is 1. The van der Waals surface area contributed by atoms with Crippen LogP contribution in [0.1, 0.15) is 26.2 Å². The molecule has 0 radical (unpaired) electrons. The Bertz CT molecular complexity index is 385. The Morgan fingerprint density at radius 3 is 2.82 bits per heavy atom. The number of nitrogens with one attached hydrogen (secondary N) is 1. The van der Waals surface area contributed by atoms with Crippen LogP contribution in [0.4, 0.5) is 5.95 Å². The van der Waals surface area contributed by atoms with Crippen molar-refractivity contribution in [3.05, 3.63) is 5.28 Å². The van der Waals surface area contributed by atoms with Crippen molar-refractivity contribution in [3.8, 4) is 6.01 Å². The molecule has 1 aliphatic carbocycles. The van der Waals surface area contributed by atoms with Crippen LogP contribution >= 0.6 is 11.6 Å². The van der Waals surface area contributed by atoms with Crippen LogP contribution in [-0.2, 0) is 0 Å². The molecule has 1 aromatic heterocycles. The standard InChI is InChI=1S/C10H15ClN4O2/c1-2-3-17-10-14-8(11)13-9(15-10)12-6-4-7(16)5-6/h6-7,16H,2-5H2,1H3,(H,12,13,14,15). The molecule has 0 aliphatic heterocycles. The molecule has 0 atom stereocenters. The molecule has 2 N–H and O–H groups in total. The van der Waals surface area contributed by atoms with E-state index in [4.69, 9.17) is 16.3 Å². The molecule has 1 saturated carbocycles. The third-order valence-corrected chi connectivity index (χ3v) is 2.64. The first kappa shape index (κ1) is 12.3. The monoisotopic (exact) mass is 258 g/mol. The molecule has 0 aromatic carbocycles. The number of hydrogen-bond donors (Lipinski definition) is 2. The second-order valence-corrected chi connectivity index (χ2v) is 4.36. The maximum absolute atomic E-state index is 9.18. The molecule has 0 spiro atoms. The van der Waals surface area contributed by atoms with Crippen LogP contribution in [0, 0.1) is 0 Å². The summed E-state index contributed by atoms with van der Waals surface area (Å²) >= 11 is 5.77. The SMILES string of the molecule is CCCOc1nc(Cl)nc(NC2CC(O)C2)n1. The maximum Gasteiger partial charge on any atom is 0.322 e. The normalized spacial score (nSPS) is 23.0. The second kappa shape index (κ2) is 5.46.